The van der Waals surface area contributed by atoms with Gasteiger partial charge in [0.05, 0.1) is 18.0 Å². The van der Waals surface area contributed by atoms with E-state index >= 15 is 0 Å². The summed E-state index contributed by atoms with van der Waals surface area (Å²) in [5.74, 6) is -1.31. The lowest BCUT2D eigenvalue weighted by molar-refractivity contribution is -0.143. The molecule has 164 valence electrons. The van der Waals surface area contributed by atoms with Gasteiger partial charge in [0.15, 0.2) is 6.61 Å². The van der Waals surface area contributed by atoms with E-state index in [0.717, 1.165) is 21.6 Å². The van der Waals surface area contributed by atoms with Crippen molar-refractivity contribution in [2.75, 3.05) is 19.8 Å². The van der Waals surface area contributed by atoms with Crippen LogP contribution in [0.4, 0.5) is 0 Å². The second-order valence-electron chi connectivity index (χ2n) is 6.64. The molecule has 3 rings (SSSR count). The first kappa shape index (κ1) is 22.8. The molecular formula is C21H22ClN3O5S. The number of aromatic nitrogens is 2. The Balaban J connectivity index is 1.56. The molecule has 0 unspecified atom stereocenters. The Labute approximate surface area is 188 Å². The molecule has 31 heavy (non-hydrogen) atoms. The summed E-state index contributed by atoms with van der Waals surface area (Å²) in [4.78, 5) is 36.7. The largest absolute Gasteiger partial charge is 0.466 e. The first-order chi connectivity index (χ1) is 14.9. The highest BCUT2D eigenvalue weighted by molar-refractivity contribution is 7.20. The topological polar surface area (TPSA) is 99.5 Å². The van der Waals surface area contributed by atoms with Gasteiger partial charge in [0.2, 0.25) is 0 Å². The van der Waals surface area contributed by atoms with Crippen LogP contribution in [-0.2, 0) is 19.1 Å². The predicted molar refractivity (Wildman–Crippen MR) is 118 cm³/mol. The highest BCUT2D eigenvalue weighted by atomic mass is 35.5. The number of carbonyl (C=O) groups excluding carboxylic acids is 3. The van der Waals surface area contributed by atoms with Gasteiger partial charge in [-0.1, -0.05) is 11.6 Å². The van der Waals surface area contributed by atoms with Crippen molar-refractivity contribution >= 4 is 51.0 Å². The molecule has 8 nitrogen and oxygen atoms in total. The van der Waals surface area contributed by atoms with Crippen molar-refractivity contribution in [3.05, 3.63) is 45.9 Å². The molecule has 1 aromatic carbocycles. The third-order valence-corrected chi connectivity index (χ3v) is 5.68. The maximum Gasteiger partial charge on any atom is 0.348 e. The third-order valence-electron chi connectivity index (χ3n) is 4.34. The van der Waals surface area contributed by atoms with Gasteiger partial charge in [0, 0.05) is 23.4 Å². The number of nitrogens with one attached hydrogen (secondary N) is 1. The quantitative estimate of drug-likeness (QED) is 0.384. The SMILES string of the molecule is CCOC(=O)CCCNC(=O)COC(=O)c1cc2c(C)nn(-c3ccc(Cl)cc3)c2s1. The number of hydrogen-bond acceptors (Lipinski definition) is 7. The zero-order chi connectivity index (χ0) is 22.4. The van der Waals surface area contributed by atoms with E-state index in [-0.39, 0.29) is 12.4 Å². The summed E-state index contributed by atoms with van der Waals surface area (Å²) in [5.41, 5.74) is 1.60. The molecule has 0 saturated heterocycles. The van der Waals surface area contributed by atoms with Crippen molar-refractivity contribution in [1.29, 1.82) is 0 Å². The van der Waals surface area contributed by atoms with Gasteiger partial charge < -0.3 is 14.8 Å². The summed E-state index contributed by atoms with van der Waals surface area (Å²) >= 11 is 7.20. The molecule has 1 N–H and O–H groups in total. The minimum Gasteiger partial charge on any atom is -0.466 e. The van der Waals surface area contributed by atoms with Crippen molar-refractivity contribution < 1.29 is 23.9 Å². The van der Waals surface area contributed by atoms with Crippen molar-refractivity contribution in [3.8, 4) is 5.69 Å². The molecule has 2 aromatic heterocycles. The monoisotopic (exact) mass is 463 g/mol. The van der Waals surface area contributed by atoms with Crippen LogP contribution >= 0.6 is 22.9 Å². The molecule has 0 spiro atoms. The summed E-state index contributed by atoms with van der Waals surface area (Å²) < 4.78 is 11.7. The van der Waals surface area contributed by atoms with E-state index in [1.54, 1.807) is 29.8 Å². The zero-order valence-electron chi connectivity index (χ0n) is 17.1. The second-order valence-corrected chi connectivity index (χ2v) is 8.10. The molecule has 0 aliphatic heterocycles. The number of esters is 2. The number of halogens is 1. The Morgan fingerprint density at radius 3 is 2.65 bits per heavy atom. The number of ether oxygens (including phenoxy) is 2. The molecule has 3 aromatic rings. The Morgan fingerprint density at radius 1 is 1.19 bits per heavy atom. The third kappa shape index (κ3) is 5.83. The Hall–Kier alpha value is -2.91. The fourth-order valence-corrected chi connectivity index (χ4v) is 4.05. The molecule has 0 aliphatic carbocycles. The highest BCUT2D eigenvalue weighted by Crippen LogP contribution is 2.31. The van der Waals surface area contributed by atoms with Crippen LogP contribution in [0.25, 0.3) is 15.9 Å². The molecular weight excluding hydrogens is 442 g/mol. The van der Waals surface area contributed by atoms with Crippen LogP contribution in [0.1, 0.15) is 35.1 Å². The van der Waals surface area contributed by atoms with Gasteiger partial charge in [-0.3, -0.25) is 9.59 Å². The number of fused-ring (bicyclic) bond motifs is 1. The maximum atomic E-state index is 12.4. The van der Waals surface area contributed by atoms with Crippen molar-refractivity contribution in [1.82, 2.24) is 15.1 Å². The van der Waals surface area contributed by atoms with Crippen LogP contribution in [0.3, 0.4) is 0 Å². The van der Waals surface area contributed by atoms with Gasteiger partial charge in [0.1, 0.15) is 9.71 Å². The molecule has 0 aliphatic rings. The van der Waals surface area contributed by atoms with E-state index in [2.05, 4.69) is 10.4 Å². The molecule has 1 amide bonds. The number of amides is 1. The minimum atomic E-state index is -0.579. The summed E-state index contributed by atoms with van der Waals surface area (Å²) in [6.07, 6.45) is 0.676. The number of benzene rings is 1. The van der Waals surface area contributed by atoms with Crippen LogP contribution in [-0.4, -0.2) is 47.4 Å². The van der Waals surface area contributed by atoms with Gasteiger partial charge in [-0.05, 0) is 50.6 Å². The van der Waals surface area contributed by atoms with Crippen LogP contribution in [0, 0.1) is 6.92 Å². The van der Waals surface area contributed by atoms with Crippen molar-refractivity contribution in [3.63, 3.8) is 0 Å². The van der Waals surface area contributed by atoms with Gasteiger partial charge in [-0.25, -0.2) is 9.48 Å². The lowest BCUT2D eigenvalue weighted by Gasteiger charge is -2.06. The summed E-state index contributed by atoms with van der Waals surface area (Å²) in [5, 5.41) is 8.60. The normalized spacial score (nSPS) is 10.8. The summed E-state index contributed by atoms with van der Waals surface area (Å²) in [7, 11) is 0. The lowest BCUT2D eigenvalue weighted by atomic mass is 10.3. The number of aryl methyl sites for hydroxylation is 1. The van der Waals surface area contributed by atoms with E-state index in [0.29, 0.717) is 29.5 Å². The first-order valence-electron chi connectivity index (χ1n) is 9.73. The number of hydrogen-bond donors (Lipinski definition) is 1. The second kappa shape index (κ2) is 10.4. The molecule has 0 radical (unpaired) electrons. The Bertz CT molecular complexity index is 1090. The van der Waals surface area contributed by atoms with Crippen LogP contribution in [0.2, 0.25) is 5.02 Å². The fraction of sp³-hybridized carbons (Fsp3) is 0.333. The van der Waals surface area contributed by atoms with Gasteiger partial charge in [-0.2, -0.15) is 5.10 Å². The van der Waals surface area contributed by atoms with E-state index in [1.807, 2.05) is 19.1 Å². The zero-order valence-corrected chi connectivity index (χ0v) is 18.7. The number of carbonyl (C=O) groups is 3. The van der Waals surface area contributed by atoms with E-state index in [4.69, 9.17) is 21.1 Å². The van der Waals surface area contributed by atoms with E-state index in [9.17, 15) is 14.4 Å². The molecule has 0 saturated carbocycles. The standard InChI is InChI=1S/C21H22ClN3O5S/c1-3-29-19(27)5-4-10-23-18(26)12-30-21(28)17-11-16-13(2)24-25(20(16)31-17)15-8-6-14(22)7-9-15/h6-9,11H,3-5,10,12H2,1-2H3,(H,23,26). The number of rotatable bonds is 9. The Morgan fingerprint density at radius 2 is 1.94 bits per heavy atom. The summed E-state index contributed by atoms with van der Waals surface area (Å²) in [6, 6.07) is 8.95. The Kier molecular flexibility index (Phi) is 7.64. The van der Waals surface area contributed by atoms with Crippen LogP contribution < -0.4 is 5.32 Å². The van der Waals surface area contributed by atoms with Crippen molar-refractivity contribution in [2.45, 2.75) is 26.7 Å². The average Bonchev–Trinajstić information content (AvgIpc) is 3.31. The van der Waals surface area contributed by atoms with Crippen LogP contribution in [0.15, 0.2) is 30.3 Å². The van der Waals surface area contributed by atoms with Gasteiger partial charge in [-0.15, -0.1) is 11.3 Å². The summed E-state index contributed by atoms with van der Waals surface area (Å²) in [6.45, 7) is 3.83. The van der Waals surface area contributed by atoms with Crippen molar-refractivity contribution in [2.24, 2.45) is 0 Å². The highest BCUT2D eigenvalue weighted by Gasteiger charge is 2.19. The molecule has 0 fully saturated rings. The predicted octanol–water partition coefficient (Wildman–Crippen LogP) is 3.67. The molecule has 10 heteroatoms. The molecule has 0 atom stereocenters. The maximum absolute atomic E-state index is 12.4. The number of thiophene rings is 1. The van der Waals surface area contributed by atoms with E-state index in [1.165, 1.54) is 11.3 Å². The van der Waals surface area contributed by atoms with E-state index < -0.39 is 18.5 Å². The van der Waals surface area contributed by atoms with Gasteiger partial charge >= 0.3 is 11.9 Å². The first-order valence-corrected chi connectivity index (χ1v) is 10.9. The number of nitrogens with zero attached hydrogens (tertiary/aromatic N) is 2. The smallest absolute Gasteiger partial charge is 0.348 e. The average molecular weight is 464 g/mol. The molecule has 0 bridgehead atoms. The van der Waals surface area contributed by atoms with Gasteiger partial charge in [0.25, 0.3) is 5.91 Å². The fourth-order valence-electron chi connectivity index (χ4n) is 2.85. The minimum absolute atomic E-state index is 0.222. The molecule has 2 heterocycles. The lowest BCUT2D eigenvalue weighted by Crippen LogP contribution is -2.29. The van der Waals surface area contributed by atoms with Crippen LogP contribution in [0.5, 0.6) is 0 Å².